The molecule has 1 unspecified atom stereocenters. The van der Waals surface area contributed by atoms with Gasteiger partial charge in [-0.2, -0.15) is 0 Å². The van der Waals surface area contributed by atoms with Gasteiger partial charge in [0.1, 0.15) is 6.61 Å². The van der Waals surface area contributed by atoms with E-state index in [1.807, 2.05) is 51.9 Å². The zero-order valence-electron chi connectivity index (χ0n) is 20.4. The topological polar surface area (TPSA) is 118 Å². The Morgan fingerprint density at radius 3 is 2.84 bits per heavy atom. The number of carbonyl (C=O) groups excluding carboxylic acids is 1. The van der Waals surface area contributed by atoms with E-state index in [0.29, 0.717) is 47.1 Å². The van der Waals surface area contributed by atoms with Crippen LogP contribution in [0.5, 0.6) is 11.5 Å². The van der Waals surface area contributed by atoms with Gasteiger partial charge in [0.15, 0.2) is 34.0 Å². The zero-order chi connectivity index (χ0) is 26.1. The predicted molar refractivity (Wildman–Crippen MR) is 144 cm³/mol. The van der Waals surface area contributed by atoms with Crippen molar-refractivity contribution in [1.82, 2.24) is 24.4 Å². The number of hydrogen-bond acceptors (Lipinski definition) is 9. The van der Waals surface area contributed by atoms with E-state index in [0.717, 1.165) is 34.2 Å². The van der Waals surface area contributed by atoms with E-state index in [-0.39, 0.29) is 25.5 Å². The molecule has 4 aliphatic rings. The smallest absolute Gasteiger partial charge is 0.410 e. The van der Waals surface area contributed by atoms with Crippen molar-refractivity contribution < 1.29 is 19.0 Å². The Hall–Kier alpha value is -3.51. The molecule has 10 nitrogen and oxygen atoms in total. The van der Waals surface area contributed by atoms with Crippen molar-refractivity contribution in [1.29, 1.82) is 0 Å². The number of halogens is 1. The number of hydrogen-bond donors (Lipinski definition) is 1. The summed E-state index contributed by atoms with van der Waals surface area (Å²) < 4.78 is 19.3. The van der Waals surface area contributed by atoms with Crippen molar-refractivity contribution in [2.45, 2.75) is 48.5 Å². The third-order valence-electron chi connectivity index (χ3n) is 6.62. The molecule has 2 N–H and O–H groups in total. The Bertz CT molecular complexity index is 1430. The van der Waals surface area contributed by atoms with Crippen LogP contribution in [-0.2, 0) is 17.9 Å². The lowest BCUT2D eigenvalue weighted by molar-refractivity contribution is 0.0901. The minimum absolute atomic E-state index is 0.0831. The van der Waals surface area contributed by atoms with Crippen LogP contribution in [0.15, 0.2) is 63.3 Å². The summed E-state index contributed by atoms with van der Waals surface area (Å²) in [6, 6.07) is 13.6. The summed E-state index contributed by atoms with van der Waals surface area (Å²) in [7, 11) is 0. The number of carbonyl (C=O) groups is 1. The molecule has 1 fully saturated rings. The number of benzene rings is 2. The molecule has 4 heterocycles. The second kappa shape index (κ2) is 10.7. The lowest BCUT2D eigenvalue weighted by atomic mass is 10.1. The van der Waals surface area contributed by atoms with Gasteiger partial charge >= 0.3 is 6.09 Å². The van der Waals surface area contributed by atoms with Crippen LogP contribution in [0.3, 0.4) is 0 Å². The molecular formula is C26H25BrN6O4S. The number of rotatable bonds is 7. The van der Waals surface area contributed by atoms with Gasteiger partial charge in [-0.25, -0.2) is 19.7 Å². The molecule has 0 bridgehead atoms. The highest BCUT2D eigenvalue weighted by Crippen LogP contribution is 2.43. The zero-order valence-corrected chi connectivity index (χ0v) is 22.8. The van der Waals surface area contributed by atoms with E-state index in [9.17, 15) is 4.79 Å². The Balaban J connectivity index is 1.14. The molecular weight excluding hydrogens is 572 g/mol. The number of fused-ring (bicyclic) bond motifs is 2. The number of nitrogens with two attached hydrogens (primary N) is 1. The number of nitrogen functional groups attached to an aromatic ring is 1. The van der Waals surface area contributed by atoms with Gasteiger partial charge in [-0.15, -0.1) is 0 Å². The molecule has 1 atom stereocenters. The van der Waals surface area contributed by atoms with Crippen LogP contribution in [0.2, 0.25) is 0 Å². The average molecular weight is 597 g/mol. The number of nitrogens with zero attached hydrogens (tertiary/aromatic N) is 5. The van der Waals surface area contributed by atoms with Gasteiger partial charge in [0, 0.05) is 28.5 Å². The van der Waals surface area contributed by atoms with Crippen LogP contribution in [0.4, 0.5) is 10.6 Å². The fourth-order valence-electron chi connectivity index (χ4n) is 4.68. The van der Waals surface area contributed by atoms with E-state index >= 15 is 0 Å². The van der Waals surface area contributed by atoms with Gasteiger partial charge in [0.2, 0.25) is 6.79 Å². The van der Waals surface area contributed by atoms with Gasteiger partial charge < -0.3 is 29.4 Å². The summed E-state index contributed by atoms with van der Waals surface area (Å²) >= 11 is 4.99. The summed E-state index contributed by atoms with van der Waals surface area (Å²) in [6.45, 7) is 1.79. The third kappa shape index (κ3) is 5.10. The largest absolute Gasteiger partial charge is 0.454 e. The predicted octanol–water partition coefficient (Wildman–Crippen LogP) is 5.19. The quantitative estimate of drug-likeness (QED) is 0.307. The van der Waals surface area contributed by atoms with Crippen molar-refractivity contribution in [2.24, 2.45) is 0 Å². The maximum Gasteiger partial charge on any atom is 0.410 e. The normalized spacial score (nSPS) is 16.3. The second-order valence-corrected chi connectivity index (χ2v) is 10.9. The lowest BCUT2D eigenvalue weighted by Crippen LogP contribution is -2.36. The van der Waals surface area contributed by atoms with Crippen molar-refractivity contribution in [3.63, 3.8) is 0 Å². The standard InChI is InChI=1S/C26H25BrN6O4S/c27-18-11-19-20(37-15-36-19)12-21(18)38-25-30-22-23(28)29-14-32(24(22)31-25)10-8-17-7-4-9-33(17)26(34)35-13-16-5-2-1-3-6-16/h1-3,5-6,11-12,14,17H,4,7-10,13,15,28H2. The summed E-state index contributed by atoms with van der Waals surface area (Å²) in [4.78, 5) is 29.3. The lowest BCUT2D eigenvalue weighted by Gasteiger charge is -2.24. The van der Waals surface area contributed by atoms with Gasteiger partial charge in [0.25, 0.3) is 0 Å². The monoisotopic (exact) mass is 596 g/mol. The number of likely N-dealkylation sites (tertiary alicyclic amines) is 1. The van der Waals surface area contributed by atoms with Crippen LogP contribution in [-0.4, -0.2) is 49.9 Å². The van der Waals surface area contributed by atoms with Gasteiger partial charge in [0.05, 0.1) is 6.33 Å². The van der Waals surface area contributed by atoms with Gasteiger partial charge in [-0.3, -0.25) is 0 Å². The van der Waals surface area contributed by atoms with Gasteiger partial charge in [-0.1, -0.05) is 30.3 Å². The van der Waals surface area contributed by atoms with Crippen LogP contribution in [0.25, 0.3) is 11.5 Å². The molecule has 0 spiro atoms. The molecule has 0 aromatic heterocycles. The van der Waals surface area contributed by atoms with Crippen molar-refractivity contribution in [2.75, 3.05) is 19.1 Å². The fourth-order valence-corrected chi connectivity index (χ4v) is 6.04. The highest BCUT2D eigenvalue weighted by molar-refractivity contribution is 9.10. The maximum atomic E-state index is 12.8. The van der Waals surface area contributed by atoms with E-state index < -0.39 is 0 Å². The molecule has 12 heteroatoms. The maximum absolute atomic E-state index is 12.8. The minimum Gasteiger partial charge on any atom is -0.454 e. The fraction of sp³-hybridized carbons (Fsp3) is 0.308. The molecule has 38 heavy (non-hydrogen) atoms. The van der Waals surface area contributed by atoms with E-state index in [2.05, 4.69) is 25.9 Å². The summed E-state index contributed by atoms with van der Waals surface area (Å²) in [5, 5.41) is 0.556. The highest BCUT2D eigenvalue weighted by atomic mass is 79.9. The molecule has 2 aromatic rings. The minimum atomic E-state index is -0.275. The van der Waals surface area contributed by atoms with Crippen molar-refractivity contribution in [3.8, 4) is 23.0 Å². The number of anilines is 1. The third-order valence-corrected chi connectivity index (χ3v) is 8.46. The van der Waals surface area contributed by atoms with Crippen LogP contribution in [0, 0.1) is 0 Å². The number of amides is 1. The first-order valence-corrected chi connectivity index (χ1v) is 13.9. The van der Waals surface area contributed by atoms with E-state index in [4.69, 9.17) is 24.9 Å². The molecule has 1 saturated heterocycles. The molecule has 0 saturated carbocycles. The Kier molecular flexibility index (Phi) is 6.98. The Morgan fingerprint density at radius 1 is 1.18 bits per heavy atom. The van der Waals surface area contributed by atoms with Crippen LogP contribution < -0.4 is 15.2 Å². The molecule has 4 aliphatic heterocycles. The van der Waals surface area contributed by atoms with Crippen LogP contribution >= 0.6 is 27.7 Å². The van der Waals surface area contributed by atoms with Crippen molar-refractivity contribution in [3.05, 3.63) is 58.8 Å². The first kappa shape index (κ1) is 24.8. The Labute approximate surface area is 232 Å². The molecule has 0 aliphatic carbocycles. The molecule has 6 rings (SSSR count). The first-order chi connectivity index (χ1) is 18.5. The van der Waals surface area contributed by atoms with Crippen molar-refractivity contribution >= 4 is 39.6 Å². The Morgan fingerprint density at radius 2 is 2.00 bits per heavy atom. The summed E-state index contributed by atoms with van der Waals surface area (Å²) in [5.41, 5.74) is 7.67. The molecule has 196 valence electrons. The first-order valence-electron chi connectivity index (χ1n) is 12.3. The average Bonchev–Trinajstić information content (AvgIpc) is 3.68. The SMILES string of the molecule is Nc1ncn(CCC2CCCN2C(=O)OCc2ccccc2)c2nc(Sc3cc4c(cc3Br)OCO4)nc1-2. The number of ether oxygens (including phenoxy) is 3. The summed E-state index contributed by atoms with van der Waals surface area (Å²) in [5.74, 6) is 2.37. The number of imidazole rings is 1. The van der Waals surface area contributed by atoms with E-state index in [1.165, 1.54) is 11.8 Å². The number of aryl methyl sites for hydroxylation is 1. The molecule has 1 amide bonds. The molecule has 2 aromatic carbocycles. The summed E-state index contributed by atoms with van der Waals surface area (Å²) in [6.07, 6.45) is 4.03. The highest BCUT2D eigenvalue weighted by Gasteiger charge is 2.30. The second-order valence-electron chi connectivity index (χ2n) is 9.06. The van der Waals surface area contributed by atoms with Crippen LogP contribution in [0.1, 0.15) is 24.8 Å². The van der Waals surface area contributed by atoms with E-state index in [1.54, 1.807) is 6.33 Å². The molecule has 0 radical (unpaired) electrons. The van der Waals surface area contributed by atoms with Gasteiger partial charge in [-0.05, 0) is 64.7 Å². The number of aromatic nitrogens is 4.